The molecule has 0 saturated carbocycles. The Kier molecular flexibility index (Phi) is 3.72. The van der Waals surface area contributed by atoms with E-state index in [1.165, 1.54) is 4.80 Å². The highest BCUT2D eigenvalue weighted by Gasteiger charge is 1.95. The lowest BCUT2D eigenvalue weighted by molar-refractivity contribution is 0.636. The Hall–Kier alpha value is -1.78. The molecule has 0 aromatic carbocycles. The zero-order valence-corrected chi connectivity index (χ0v) is 8.05. The molecule has 0 bridgehead atoms. The highest BCUT2D eigenvalue weighted by atomic mass is 19.1. The molecule has 0 aliphatic heterocycles. The molecule has 14 heavy (non-hydrogen) atoms. The fraction of sp³-hybridized carbons (Fsp3) is 0.222. The van der Waals surface area contributed by atoms with E-state index in [9.17, 15) is 4.39 Å². The topological polar surface area (TPSA) is 43.6 Å². The predicted molar refractivity (Wildman–Crippen MR) is 50.9 cm³/mol. The molecule has 2 aromatic rings. The summed E-state index contributed by atoms with van der Waals surface area (Å²) in [5.41, 5.74) is 1.87. The van der Waals surface area contributed by atoms with Crippen LogP contribution in [0, 0.1) is 6.92 Å². The summed E-state index contributed by atoms with van der Waals surface area (Å²) in [6.07, 6.45) is 5.02. The van der Waals surface area contributed by atoms with Crippen LogP contribution in [-0.2, 0) is 0 Å². The van der Waals surface area contributed by atoms with E-state index in [4.69, 9.17) is 0 Å². The maximum absolute atomic E-state index is 9.50. The molecule has 0 N–H and O–H groups in total. The van der Waals surface area contributed by atoms with Gasteiger partial charge in [0.05, 0.1) is 25.8 Å². The lowest BCUT2D eigenvalue weighted by Crippen LogP contribution is -1.98. The van der Waals surface area contributed by atoms with Crippen molar-refractivity contribution >= 4 is 0 Å². The number of nitrogens with zero attached hydrogens (tertiary/aromatic N) is 4. The Morgan fingerprint density at radius 1 is 1.14 bits per heavy atom. The van der Waals surface area contributed by atoms with Crippen molar-refractivity contribution in [2.24, 2.45) is 0 Å². The van der Waals surface area contributed by atoms with E-state index in [2.05, 4.69) is 15.2 Å². The van der Waals surface area contributed by atoms with Gasteiger partial charge in [-0.3, -0.25) is 9.37 Å². The molecule has 2 heterocycles. The molecule has 5 heteroatoms. The Morgan fingerprint density at radius 3 is 2.29 bits per heavy atom. The summed E-state index contributed by atoms with van der Waals surface area (Å²) in [6, 6.07) is 3.86. The fourth-order valence-electron chi connectivity index (χ4n) is 0.927. The first-order chi connectivity index (χ1) is 6.86. The molecule has 0 radical (unpaired) electrons. The van der Waals surface area contributed by atoms with Gasteiger partial charge in [0.25, 0.3) is 0 Å². The number of pyridine rings is 1. The number of hydrogen-bond acceptors (Lipinski definition) is 3. The summed E-state index contributed by atoms with van der Waals surface area (Å²) < 4.78 is 9.50. The van der Waals surface area contributed by atoms with Crippen LogP contribution in [0.15, 0.2) is 30.7 Å². The fourth-order valence-corrected chi connectivity index (χ4v) is 0.927. The third kappa shape index (κ3) is 2.35. The van der Waals surface area contributed by atoms with Crippen LogP contribution in [-0.4, -0.2) is 27.2 Å². The van der Waals surface area contributed by atoms with Gasteiger partial charge in [-0.25, -0.2) is 0 Å². The van der Waals surface area contributed by atoms with E-state index in [1.54, 1.807) is 18.6 Å². The van der Waals surface area contributed by atoms with Gasteiger partial charge in [0, 0.05) is 5.69 Å². The highest BCUT2D eigenvalue weighted by Crippen LogP contribution is 2.01. The number of hydrogen-bond donors (Lipinski definition) is 0. The second-order valence-electron chi connectivity index (χ2n) is 2.48. The molecule has 2 aromatic heterocycles. The zero-order valence-electron chi connectivity index (χ0n) is 8.05. The van der Waals surface area contributed by atoms with E-state index in [1.807, 2.05) is 19.1 Å². The smallest absolute Gasteiger partial charge is 0.104 e. The van der Waals surface area contributed by atoms with Gasteiger partial charge in [0.1, 0.15) is 5.69 Å². The first kappa shape index (κ1) is 10.3. The summed E-state index contributed by atoms with van der Waals surface area (Å²) in [5.74, 6) is 0. The quantitative estimate of drug-likeness (QED) is 0.691. The molecule has 0 fully saturated rings. The molecule has 0 saturated heterocycles. The molecule has 0 aliphatic carbocycles. The summed E-state index contributed by atoms with van der Waals surface area (Å²) in [6.45, 7) is 1.94. The van der Waals surface area contributed by atoms with Crippen molar-refractivity contribution in [3.63, 3.8) is 0 Å². The number of aromatic nitrogens is 4. The molecule has 0 aliphatic rings. The summed E-state index contributed by atoms with van der Waals surface area (Å²) in [4.78, 5) is 5.67. The van der Waals surface area contributed by atoms with Crippen molar-refractivity contribution in [2.75, 3.05) is 7.18 Å². The van der Waals surface area contributed by atoms with Crippen LogP contribution >= 0.6 is 0 Å². The van der Waals surface area contributed by atoms with Crippen molar-refractivity contribution < 1.29 is 4.39 Å². The van der Waals surface area contributed by atoms with Gasteiger partial charge < -0.3 is 0 Å². The average Bonchev–Trinajstić information content (AvgIpc) is 2.75. The predicted octanol–water partition coefficient (Wildman–Crippen LogP) is 1.56. The maximum atomic E-state index is 9.50. The maximum Gasteiger partial charge on any atom is 0.104 e. The number of alkyl halides is 1. The van der Waals surface area contributed by atoms with Gasteiger partial charge in [0.2, 0.25) is 0 Å². The van der Waals surface area contributed by atoms with E-state index < -0.39 is 0 Å². The SMILES string of the molecule is CF.Cc1ccc(-n2nccn2)cn1. The van der Waals surface area contributed by atoms with Gasteiger partial charge in [-0.05, 0) is 19.1 Å². The molecule has 0 atom stereocenters. The molecule has 0 amide bonds. The van der Waals surface area contributed by atoms with E-state index in [0.717, 1.165) is 11.4 Å². The number of aryl methyl sites for hydroxylation is 1. The zero-order chi connectivity index (χ0) is 10.4. The van der Waals surface area contributed by atoms with Crippen molar-refractivity contribution in [1.82, 2.24) is 20.0 Å². The lowest BCUT2D eigenvalue weighted by Gasteiger charge is -1.97. The Bertz CT molecular complexity index is 355. The molecule has 0 unspecified atom stereocenters. The van der Waals surface area contributed by atoms with Crippen molar-refractivity contribution in [3.8, 4) is 5.69 Å². The van der Waals surface area contributed by atoms with E-state index >= 15 is 0 Å². The molecular formula is C9H11FN4. The molecule has 74 valence electrons. The van der Waals surface area contributed by atoms with Crippen LogP contribution < -0.4 is 0 Å². The lowest BCUT2D eigenvalue weighted by atomic mass is 10.3. The van der Waals surface area contributed by atoms with Crippen molar-refractivity contribution in [1.29, 1.82) is 0 Å². The van der Waals surface area contributed by atoms with Gasteiger partial charge in [-0.1, -0.05) is 0 Å². The van der Waals surface area contributed by atoms with E-state index in [0.29, 0.717) is 7.18 Å². The third-order valence-electron chi connectivity index (χ3n) is 1.55. The number of halogens is 1. The van der Waals surface area contributed by atoms with Crippen molar-refractivity contribution in [3.05, 3.63) is 36.4 Å². The second-order valence-corrected chi connectivity index (χ2v) is 2.48. The van der Waals surface area contributed by atoms with Crippen LogP contribution in [0.4, 0.5) is 4.39 Å². The molecule has 2 rings (SSSR count). The normalized spacial score (nSPS) is 9.07. The summed E-state index contributed by atoms with van der Waals surface area (Å²) in [7, 11) is 0.500. The van der Waals surface area contributed by atoms with Gasteiger partial charge in [-0.15, -0.1) is 0 Å². The van der Waals surface area contributed by atoms with E-state index in [-0.39, 0.29) is 0 Å². The minimum atomic E-state index is 0.500. The van der Waals surface area contributed by atoms with Crippen LogP contribution in [0.2, 0.25) is 0 Å². The molecule has 0 spiro atoms. The third-order valence-corrected chi connectivity index (χ3v) is 1.55. The first-order valence-electron chi connectivity index (χ1n) is 4.03. The largest absolute Gasteiger partial charge is 0.259 e. The van der Waals surface area contributed by atoms with Crippen molar-refractivity contribution in [2.45, 2.75) is 6.92 Å². The summed E-state index contributed by atoms with van der Waals surface area (Å²) >= 11 is 0. The molecular weight excluding hydrogens is 183 g/mol. The number of rotatable bonds is 1. The standard InChI is InChI=1S/C8H8N4.CH3F/c1-7-2-3-8(6-9-7)12-10-4-5-11-12;1-2/h2-6H,1H3;1H3. The van der Waals surface area contributed by atoms with Crippen LogP contribution in [0.1, 0.15) is 5.69 Å². The van der Waals surface area contributed by atoms with Crippen LogP contribution in [0.25, 0.3) is 5.69 Å². The van der Waals surface area contributed by atoms with Gasteiger partial charge in [-0.2, -0.15) is 15.0 Å². The van der Waals surface area contributed by atoms with Crippen LogP contribution in [0.5, 0.6) is 0 Å². The Labute approximate surface area is 81.4 Å². The van der Waals surface area contributed by atoms with Crippen LogP contribution in [0.3, 0.4) is 0 Å². The van der Waals surface area contributed by atoms with Gasteiger partial charge >= 0.3 is 0 Å². The first-order valence-corrected chi connectivity index (χ1v) is 4.03. The summed E-state index contributed by atoms with van der Waals surface area (Å²) in [5, 5.41) is 7.96. The minimum absolute atomic E-state index is 0.500. The highest BCUT2D eigenvalue weighted by molar-refractivity contribution is 5.26. The Morgan fingerprint density at radius 2 is 1.79 bits per heavy atom. The Balaban J connectivity index is 0.000000461. The molecule has 4 nitrogen and oxygen atoms in total. The minimum Gasteiger partial charge on any atom is -0.259 e. The monoisotopic (exact) mass is 194 g/mol. The second kappa shape index (κ2) is 5.06. The van der Waals surface area contributed by atoms with Gasteiger partial charge in [0.15, 0.2) is 0 Å². The average molecular weight is 194 g/mol.